The molecule has 1 N–H and O–H groups in total. The Morgan fingerprint density at radius 2 is 2.14 bits per heavy atom. The lowest BCUT2D eigenvalue weighted by atomic mass is 10.0. The molecule has 1 heterocycles. The highest BCUT2D eigenvalue weighted by Crippen LogP contribution is 2.35. The molecule has 1 saturated heterocycles. The fraction of sp³-hybridized carbons (Fsp3) is 0.778. The first kappa shape index (κ1) is 11.5. The van der Waals surface area contributed by atoms with Gasteiger partial charge in [0.15, 0.2) is 6.29 Å². The first-order valence-corrected chi connectivity index (χ1v) is 4.29. The molecule has 2 unspecified atom stereocenters. The van der Waals surface area contributed by atoms with Crippen LogP contribution < -0.4 is 0 Å². The third-order valence-electron chi connectivity index (χ3n) is 2.28. The van der Waals surface area contributed by atoms with E-state index < -0.39 is 18.4 Å². The number of aliphatic hydroxyl groups excluding tert-OH is 1. The smallest absolute Gasteiger partial charge is 0.314 e. The van der Waals surface area contributed by atoms with Gasteiger partial charge in [0.05, 0.1) is 0 Å². The molecule has 0 aromatic rings. The summed E-state index contributed by atoms with van der Waals surface area (Å²) < 4.78 is 20.1. The van der Waals surface area contributed by atoms with Gasteiger partial charge in [0.25, 0.3) is 0 Å². The zero-order chi connectivity index (χ0) is 10.8. The Balaban J connectivity index is 2.61. The molecule has 0 amide bonds. The van der Waals surface area contributed by atoms with E-state index in [-0.39, 0.29) is 0 Å². The lowest BCUT2D eigenvalue weighted by molar-refractivity contribution is -0.226. The van der Waals surface area contributed by atoms with Gasteiger partial charge < -0.3 is 24.1 Å². The molecule has 1 rings (SSSR count). The third-order valence-corrected chi connectivity index (χ3v) is 2.28. The van der Waals surface area contributed by atoms with Crippen LogP contribution in [0.1, 0.15) is 13.3 Å². The summed E-state index contributed by atoms with van der Waals surface area (Å²) in [6.45, 7) is 4.17. The Labute approximate surface area is 83.2 Å². The van der Waals surface area contributed by atoms with Gasteiger partial charge in [-0.15, -0.1) is 0 Å². The maximum absolute atomic E-state index is 9.11. The fourth-order valence-corrected chi connectivity index (χ4v) is 1.30. The van der Waals surface area contributed by atoms with Crippen LogP contribution in [0.3, 0.4) is 0 Å². The van der Waals surface area contributed by atoms with E-state index in [0.717, 1.165) is 0 Å². The average Bonchev–Trinajstić information content (AvgIpc) is 2.37. The van der Waals surface area contributed by atoms with E-state index in [4.69, 9.17) is 24.1 Å². The summed E-state index contributed by atoms with van der Waals surface area (Å²) in [5, 5.41) is 9.11. The topological polar surface area (TPSA) is 57.2 Å². The molecule has 0 saturated carbocycles. The molecule has 1 aliphatic rings. The maximum atomic E-state index is 9.11. The van der Waals surface area contributed by atoms with Crippen molar-refractivity contribution in [3.63, 3.8) is 0 Å². The van der Waals surface area contributed by atoms with Crippen molar-refractivity contribution in [2.75, 3.05) is 14.2 Å². The number of methoxy groups -OCH3 is 2. The molecular weight excluding hydrogens is 188 g/mol. The molecule has 0 bridgehead atoms. The first-order chi connectivity index (χ1) is 6.51. The second-order valence-electron chi connectivity index (χ2n) is 3.30. The van der Waals surface area contributed by atoms with Crippen LogP contribution in [0.4, 0.5) is 0 Å². The minimum absolute atomic E-state index is 0.379. The molecule has 5 heteroatoms. The molecule has 5 nitrogen and oxygen atoms in total. The van der Waals surface area contributed by atoms with Crippen LogP contribution >= 0.6 is 0 Å². The summed E-state index contributed by atoms with van der Waals surface area (Å²) in [6, 6.07) is 0. The molecule has 0 spiro atoms. The van der Waals surface area contributed by atoms with Crippen LogP contribution in [0.2, 0.25) is 0 Å². The molecule has 14 heavy (non-hydrogen) atoms. The highest BCUT2D eigenvalue weighted by Gasteiger charge is 2.43. The summed E-state index contributed by atoms with van der Waals surface area (Å²) in [7, 11) is 3.07. The van der Waals surface area contributed by atoms with Crippen molar-refractivity contribution in [2.24, 2.45) is 0 Å². The average molecular weight is 204 g/mol. The van der Waals surface area contributed by atoms with Crippen LogP contribution in [0.5, 0.6) is 0 Å². The predicted molar refractivity (Wildman–Crippen MR) is 48.1 cm³/mol. The number of aliphatic hydroxyl groups is 1. The van der Waals surface area contributed by atoms with Crippen molar-refractivity contribution >= 4 is 0 Å². The molecule has 0 aromatic heterocycles. The lowest BCUT2D eigenvalue weighted by Crippen LogP contribution is -2.33. The molecule has 2 atom stereocenters. The Kier molecular flexibility index (Phi) is 3.49. The van der Waals surface area contributed by atoms with Crippen molar-refractivity contribution in [1.29, 1.82) is 0 Å². The van der Waals surface area contributed by atoms with E-state index in [1.165, 1.54) is 14.2 Å². The molecule has 0 aliphatic carbocycles. The van der Waals surface area contributed by atoms with E-state index >= 15 is 0 Å². The number of hydrogen-bond acceptors (Lipinski definition) is 5. The highest BCUT2D eigenvalue weighted by atomic mass is 16.8. The molecule has 1 fully saturated rings. The summed E-state index contributed by atoms with van der Waals surface area (Å²) in [5.74, 6) is 0.379. The van der Waals surface area contributed by atoms with Crippen LogP contribution in [-0.2, 0) is 18.9 Å². The van der Waals surface area contributed by atoms with Gasteiger partial charge in [0.1, 0.15) is 11.4 Å². The highest BCUT2D eigenvalue weighted by molar-refractivity contribution is 5.07. The van der Waals surface area contributed by atoms with E-state index in [0.29, 0.717) is 12.2 Å². The minimum atomic E-state index is -1.25. The second-order valence-corrected chi connectivity index (χ2v) is 3.30. The van der Waals surface area contributed by atoms with Gasteiger partial charge in [0, 0.05) is 20.6 Å². The van der Waals surface area contributed by atoms with Crippen LogP contribution in [0.15, 0.2) is 12.3 Å². The summed E-state index contributed by atoms with van der Waals surface area (Å²) in [5.41, 5.74) is -0.768. The summed E-state index contributed by atoms with van der Waals surface area (Å²) in [6.07, 6.45) is 0.00116. The van der Waals surface area contributed by atoms with Gasteiger partial charge in [-0.25, -0.2) is 0 Å². The Morgan fingerprint density at radius 1 is 1.57 bits per heavy atom. The largest absolute Gasteiger partial charge is 0.443 e. The minimum Gasteiger partial charge on any atom is -0.443 e. The third kappa shape index (κ3) is 2.24. The Morgan fingerprint density at radius 3 is 2.50 bits per heavy atom. The number of rotatable bonds is 4. The first-order valence-electron chi connectivity index (χ1n) is 4.29. The lowest BCUT2D eigenvalue weighted by Gasteiger charge is -2.25. The zero-order valence-corrected chi connectivity index (χ0v) is 8.65. The van der Waals surface area contributed by atoms with Gasteiger partial charge in [0.2, 0.25) is 0 Å². The molecular formula is C9H16O5. The van der Waals surface area contributed by atoms with Crippen molar-refractivity contribution in [2.45, 2.75) is 31.7 Å². The van der Waals surface area contributed by atoms with E-state index in [1.54, 1.807) is 6.92 Å². The van der Waals surface area contributed by atoms with E-state index in [1.807, 2.05) is 0 Å². The maximum Gasteiger partial charge on any atom is 0.314 e. The molecule has 0 radical (unpaired) electrons. The van der Waals surface area contributed by atoms with Gasteiger partial charge >= 0.3 is 6.48 Å². The zero-order valence-electron chi connectivity index (χ0n) is 8.65. The van der Waals surface area contributed by atoms with Gasteiger partial charge in [-0.2, -0.15) is 0 Å². The van der Waals surface area contributed by atoms with Crippen LogP contribution in [0, 0.1) is 0 Å². The standard InChI is InChI=1S/C9H16O5/c1-6-9(2,14-8(10)13-6)5-7(11-3)12-4/h7-8,10H,1,5H2,2-4H3. The molecule has 82 valence electrons. The van der Waals surface area contributed by atoms with Crippen molar-refractivity contribution in [3.05, 3.63) is 12.3 Å². The van der Waals surface area contributed by atoms with E-state index in [2.05, 4.69) is 6.58 Å². The Bertz CT molecular complexity index is 213. The SMILES string of the molecule is C=C1OC(O)OC1(C)CC(OC)OC. The number of ether oxygens (including phenoxy) is 4. The summed E-state index contributed by atoms with van der Waals surface area (Å²) in [4.78, 5) is 0. The molecule has 0 aromatic carbocycles. The normalized spacial score (nSPS) is 32.4. The molecule has 1 aliphatic heterocycles. The number of hydrogen-bond donors (Lipinski definition) is 1. The van der Waals surface area contributed by atoms with Gasteiger partial charge in [-0.05, 0) is 6.92 Å². The van der Waals surface area contributed by atoms with Crippen LogP contribution in [-0.4, -0.2) is 37.7 Å². The quantitative estimate of drug-likeness (QED) is 0.679. The monoisotopic (exact) mass is 204 g/mol. The summed E-state index contributed by atoms with van der Waals surface area (Å²) >= 11 is 0. The van der Waals surface area contributed by atoms with Crippen molar-refractivity contribution in [1.82, 2.24) is 0 Å². The van der Waals surface area contributed by atoms with Crippen molar-refractivity contribution in [3.8, 4) is 0 Å². The fourth-order valence-electron chi connectivity index (χ4n) is 1.30. The predicted octanol–water partition coefficient (Wildman–Crippen LogP) is 0.591. The second kappa shape index (κ2) is 4.27. The van der Waals surface area contributed by atoms with Gasteiger partial charge in [-0.1, -0.05) is 6.58 Å². The van der Waals surface area contributed by atoms with E-state index in [9.17, 15) is 0 Å². The van der Waals surface area contributed by atoms with Crippen molar-refractivity contribution < 1.29 is 24.1 Å². The van der Waals surface area contributed by atoms with Crippen LogP contribution in [0.25, 0.3) is 0 Å². The van der Waals surface area contributed by atoms with Gasteiger partial charge in [-0.3, -0.25) is 0 Å². The Hall–Kier alpha value is -0.620.